The van der Waals surface area contributed by atoms with Crippen LogP contribution in [0.15, 0.2) is 36.4 Å². The van der Waals surface area contributed by atoms with Gasteiger partial charge in [-0.1, -0.05) is 17.7 Å². The molecule has 0 atom stereocenters. The Kier molecular flexibility index (Phi) is 2.61. The molecule has 0 unspecified atom stereocenters. The molecule has 0 saturated carbocycles. The topological polar surface area (TPSA) is 59.1 Å². The zero-order chi connectivity index (χ0) is 12.7. The summed E-state index contributed by atoms with van der Waals surface area (Å²) in [4.78, 5) is 4.50. The van der Waals surface area contributed by atoms with E-state index in [1.807, 2.05) is 24.3 Å². The summed E-state index contributed by atoms with van der Waals surface area (Å²) in [7, 11) is 0. The number of aromatic nitrogens is 1. The third-order valence-corrected chi connectivity index (χ3v) is 4.22. The first-order valence-corrected chi connectivity index (χ1v) is 6.48. The number of benzene rings is 2. The van der Waals surface area contributed by atoms with Crippen LogP contribution in [0.25, 0.3) is 20.8 Å². The first-order valence-electron chi connectivity index (χ1n) is 5.29. The Morgan fingerprint density at radius 2 is 2.06 bits per heavy atom. The normalized spacial score (nSPS) is 10.9. The van der Waals surface area contributed by atoms with E-state index in [9.17, 15) is 5.11 Å². The average molecular weight is 277 g/mol. The van der Waals surface area contributed by atoms with Gasteiger partial charge in [0, 0.05) is 5.56 Å². The lowest BCUT2D eigenvalue weighted by molar-refractivity contribution is 0.478. The number of fused-ring (bicyclic) bond motifs is 1. The second-order valence-electron chi connectivity index (χ2n) is 3.88. The van der Waals surface area contributed by atoms with Gasteiger partial charge in [0.25, 0.3) is 0 Å². The number of thiazole rings is 1. The fraction of sp³-hybridized carbons (Fsp3) is 0. The summed E-state index contributed by atoms with van der Waals surface area (Å²) in [5.41, 5.74) is 7.63. The van der Waals surface area contributed by atoms with Crippen molar-refractivity contribution < 1.29 is 5.11 Å². The van der Waals surface area contributed by atoms with E-state index < -0.39 is 0 Å². The molecule has 3 rings (SSSR count). The van der Waals surface area contributed by atoms with Crippen LogP contribution in [0, 0.1) is 0 Å². The largest absolute Gasteiger partial charge is 0.506 e. The molecule has 0 amide bonds. The van der Waals surface area contributed by atoms with E-state index in [1.165, 1.54) is 11.3 Å². The Labute approximate surface area is 112 Å². The first kappa shape index (κ1) is 11.3. The average Bonchev–Trinajstić information content (AvgIpc) is 2.78. The smallest absolute Gasteiger partial charge is 0.139 e. The standard InChI is InChI=1S/C13H9ClN2OS/c14-8-2-1-3-10-12(8)18-13(16-10)7-4-5-9(15)11(17)6-7/h1-6,17H,15H2. The maximum Gasteiger partial charge on any atom is 0.139 e. The molecule has 3 N–H and O–H groups in total. The summed E-state index contributed by atoms with van der Waals surface area (Å²) in [6.07, 6.45) is 0. The highest BCUT2D eigenvalue weighted by Crippen LogP contribution is 2.36. The van der Waals surface area contributed by atoms with Crippen LogP contribution in [0.5, 0.6) is 5.75 Å². The Morgan fingerprint density at radius 1 is 1.22 bits per heavy atom. The Hall–Kier alpha value is -1.78. The lowest BCUT2D eigenvalue weighted by Gasteiger charge is -2.00. The molecule has 1 heterocycles. The predicted molar refractivity (Wildman–Crippen MR) is 76.1 cm³/mol. The molecular weight excluding hydrogens is 268 g/mol. The van der Waals surface area contributed by atoms with Crippen molar-refractivity contribution in [3.8, 4) is 16.3 Å². The van der Waals surface area contributed by atoms with Crippen molar-refractivity contribution in [1.29, 1.82) is 0 Å². The molecule has 0 spiro atoms. The van der Waals surface area contributed by atoms with Gasteiger partial charge in [-0.2, -0.15) is 0 Å². The van der Waals surface area contributed by atoms with E-state index in [1.54, 1.807) is 12.1 Å². The first-order chi connectivity index (χ1) is 8.65. The number of halogens is 1. The molecule has 0 fully saturated rings. The minimum Gasteiger partial charge on any atom is -0.506 e. The Bertz CT molecular complexity index is 739. The van der Waals surface area contributed by atoms with Crippen molar-refractivity contribution in [3.63, 3.8) is 0 Å². The monoisotopic (exact) mass is 276 g/mol. The number of hydrogen-bond acceptors (Lipinski definition) is 4. The zero-order valence-electron chi connectivity index (χ0n) is 9.22. The predicted octanol–water partition coefficient (Wildman–Crippen LogP) is 3.90. The summed E-state index contributed by atoms with van der Waals surface area (Å²) in [6, 6.07) is 10.7. The van der Waals surface area contributed by atoms with E-state index in [2.05, 4.69) is 4.98 Å². The van der Waals surface area contributed by atoms with Crippen LogP contribution in [-0.2, 0) is 0 Å². The number of phenolic OH excluding ortho intramolecular Hbond substituents is 1. The molecule has 5 heteroatoms. The highest BCUT2D eigenvalue weighted by Gasteiger charge is 2.09. The van der Waals surface area contributed by atoms with Crippen molar-refractivity contribution in [2.45, 2.75) is 0 Å². The second kappa shape index (κ2) is 4.15. The van der Waals surface area contributed by atoms with E-state index in [0.717, 1.165) is 20.8 Å². The van der Waals surface area contributed by atoms with Gasteiger partial charge >= 0.3 is 0 Å². The number of rotatable bonds is 1. The molecule has 3 aromatic rings. The summed E-state index contributed by atoms with van der Waals surface area (Å²) in [5, 5.41) is 11.1. The van der Waals surface area contributed by atoms with Crippen molar-refractivity contribution in [2.24, 2.45) is 0 Å². The van der Waals surface area contributed by atoms with Crippen molar-refractivity contribution >= 4 is 38.8 Å². The lowest BCUT2D eigenvalue weighted by Crippen LogP contribution is -1.85. The number of nitrogens with zero attached hydrogens (tertiary/aromatic N) is 1. The number of phenols is 1. The molecule has 0 aliphatic heterocycles. The minimum atomic E-state index is 0.0675. The molecule has 18 heavy (non-hydrogen) atoms. The van der Waals surface area contributed by atoms with Gasteiger partial charge in [0.2, 0.25) is 0 Å². The Balaban J connectivity index is 2.19. The van der Waals surface area contributed by atoms with Crippen LogP contribution in [0.4, 0.5) is 5.69 Å². The molecular formula is C13H9ClN2OS. The van der Waals surface area contributed by atoms with Gasteiger partial charge in [-0.05, 0) is 30.3 Å². The number of nitrogens with two attached hydrogens (primary N) is 1. The molecule has 0 bridgehead atoms. The maximum atomic E-state index is 9.62. The van der Waals surface area contributed by atoms with E-state index >= 15 is 0 Å². The number of hydrogen-bond donors (Lipinski definition) is 2. The zero-order valence-corrected chi connectivity index (χ0v) is 10.8. The van der Waals surface area contributed by atoms with Crippen molar-refractivity contribution in [1.82, 2.24) is 4.98 Å². The molecule has 90 valence electrons. The second-order valence-corrected chi connectivity index (χ2v) is 5.29. The third kappa shape index (κ3) is 1.79. The maximum absolute atomic E-state index is 9.62. The molecule has 1 aromatic heterocycles. The Morgan fingerprint density at radius 3 is 2.78 bits per heavy atom. The summed E-state index contributed by atoms with van der Waals surface area (Å²) in [6.45, 7) is 0. The lowest BCUT2D eigenvalue weighted by atomic mass is 10.2. The molecule has 2 aromatic carbocycles. The minimum absolute atomic E-state index is 0.0675. The van der Waals surface area contributed by atoms with Crippen molar-refractivity contribution in [2.75, 3.05) is 5.73 Å². The summed E-state index contributed by atoms with van der Waals surface area (Å²) >= 11 is 7.61. The van der Waals surface area contributed by atoms with Crippen LogP contribution in [-0.4, -0.2) is 10.1 Å². The summed E-state index contributed by atoms with van der Waals surface area (Å²) in [5.74, 6) is 0.0675. The summed E-state index contributed by atoms with van der Waals surface area (Å²) < 4.78 is 0.950. The van der Waals surface area contributed by atoms with Crippen LogP contribution in [0.3, 0.4) is 0 Å². The van der Waals surface area contributed by atoms with Gasteiger partial charge in [0.05, 0.1) is 20.9 Å². The van der Waals surface area contributed by atoms with Crippen LogP contribution in [0.2, 0.25) is 5.02 Å². The quantitative estimate of drug-likeness (QED) is 0.523. The molecule has 3 nitrogen and oxygen atoms in total. The highest BCUT2D eigenvalue weighted by molar-refractivity contribution is 7.22. The van der Waals surface area contributed by atoms with Gasteiger partial charge < -0.3 is 10.8 Å². The third-order valence-electron chi connectivity index (χ3n) is 2.64. The van der Waals surface area contributed by atoms with Gasteiger partial charge in [-0.15, -0.1) is 11.3 Å². The highest BCUT2D eigenvalue weighted by atomic mass is 35.5. The number of nitrogen functional groups attached to an aromatic ring is 1. The van der Waals surface area contributed by atoms with Gasteiger partial charge in [-0.3, -0.25) is 0 Å². The molecule has 0 radical (unpaired) electrons. The van der Waals surface area contributed by atoms with Crippen molar-refractivity contribution in [3.05, 3.63) is 41.4 Å². The fourth-order valence-electron chi connectivity index (χ4n) is 1.72. The van der Waals surface area contributed by atoms with Crippen LogP contribution < -0.4 is 5.73 Å². The van der Waals surface area contributed by atoms with E-state index in [0.29, 0.717) is 10.7 Å². The molecule has 0 saturated heterocycles. The fourth-order valence-corrected chi connectivity index (χ4v) is 2.97. The molecule has 0 aliphatic rings. The van der Waals surface area contributed by atoms with Gasteiger partial charge in [0.1, 0.15) is 10.8 Å². The van der Waals surface area contributed by atoms with Gasteiger partial charge in [0.15, 0.2) is 0 Å². The number of anilines is 1. The number of aromatic hydroxyl groups is 1. The SMILES string of the molecule is Nc1ccc(-c2nc3cccc(Cl)c3s2)cc1O. The van der Waals surface area contributed by atoms with Gasteiger partial charge in [-0.25, -0.2) is 4.98 Å². The van der Waals surface area contributed by atoms with E-state index in [-0.39, 0.29) is 5.75 Å². The van der Waals surface area contributed by atoms with Crippen LogP contribution in [0.1, 0.15) is 0 Å². The van der Waals surface area contributed by atoms with E-state index in [4.69, 9.17) is 17.3 Å². The van der Waals surface area contributed by atoms with Crippen LogP contribution >= 0.6 is 22.9 Å². The molecule has 0 aliphatic carbocycles.